The van der Waals surface area contributed by atoms with Crippen LogP contribution in [0.4, 0.5) is 22.7 Å². The minimum atomic E-state index is -0.206. The van der Waals surface area contributed by atoms with Gasteiger partial charge >= 0.3 is 0 Å². The van der Waals surface area contributed by atoms with E-state index in [0.29, 0.717) is 65.6 Å². The standard InChI is InChI=1S/C21H23ClN4O.3C20H21ClN4O/c1-15-5-8-25(9-6-15)14-16-7-10-26-19(13-23-20(26)11-16)21(27)24-18-4-2-3-17(22)12-18;3*21-16-5-4-6-17(12-16)23-20(26)18-13-22-19-11-15(7-10-25(18)19)14-24-8-2-1-3-9-24/h2-4,7,10-13,15H,5-6,8-9,14H2,1H3,(H,24,27);3*4-7,10-13H,1-3,8-9,14H2,(H,23,26). The Morgan fingerprint density at radius 2 is 0.571 bits per heavy atom. The fraction of sp³-hybridized carbons (Fsp3) is 0.309. The van der Waals surface area contributed by atoms with Gasteiger partial charge in [-0.15, -0.1) is 0 Å². The first-order valence-corrected chi connectivity index (χ1v) is 37.7. The molecule has 105 heavy (non-hydrogen) atoms. The number of hydrogen-bond acceptors (Lipinski definition) is 12. The molecule has 20 nitrogen and oxygen atoms in total. The third kappa shape index (κ3) is 20.1. The number of nitrogens with one attached hydrogen (secondary N) is 4. The fourth-order valence-electron chi connectivity index (χ4n) is 13.8. The molecule has 0 radical (unpaired) electrons. The van der Waals surface area contributed by atoms with Crippen LogP contribution >= 0.6 is 46.4 Å². The van der Waals surface area contributed by atoms with E-state index >= 15 is 0 Å². The Hall–Kier alpha value is -9.48. The second kappa shape index (κ2) is 35.5. The Labute approximate surface area is 631 Å². The Bertz CT molecular complexity index is 4620. The van der Waals surface area contributed by atoms with Crippen LogP contribution in [0.15, 0.2) is 195 Å². The topological polar surface area (TPSA) is 199 Å². The number of carbonyl (C=O) groups is 4. The Morgan fingerprint density at radius 3 is 0.810 bits per heavy atom. The number of benzene rings is 4. The van der Waals surface area contributed by atoms with E-state index in [9.17, 15) is 19.2 Å². The lowest BCUT2D eigenvalue weighted by atomic mass is 9.99. The lowest BCUT2D eigenvalue weighted by Crippen LogP contribution is -2.32. The molecule has 0 saturated carbocycles. The molecule has 4 amide bonds. The number of hydrogen-bond donors (Lipinski definition) is 4. The van der Waals surface area contributed by atoms with Crippen molar-refractivity contribution in [1.29, 1.82) is 0 Å². The van der Waals surface area contributed by atoms with Crippen molar-refractivity contribution in [3.05, 3.63) is 260 Å². The Kier molecular flexibility index (Phi) is 25.0. The van der Waals surface area contributed by atoms with Crippen LogP contribution < -0.4 is 21.3 Å². The molecule has 0 aliphatic carbocycles. The third-order valence-corrected chi connectivity index (χ3v) is 20.4. The molecular weight excluding hydrogens is 1400 g/mol. The number of piperidine rings is 4. The van der Waals surface area contributed by atoms with Crippen LogP contribution in [0.25, 0.3) is 22.6 Å². The van der Waals surface area contributed by atoms with Gasteiger partial charge in [-0.1, -0.05) is 96.9 Å². The van der Waals surface area contributed by atoms with Gasteiger partial charge in [-0.3, -0.25) is 56.4 Å². The molecule has 4 fully saturated rings. The van der Waals surface area contributed by atoms with E-state index in [1.54, 1.807) is 97.6 Å². The van der Waals surface area contributed by atoms with Crippen LogP contribution in [0.3, 0.4) is 0 Å². The van der Waals surface area contributed by atoms with Crippen molar-refractivity contribution < 1.29 is 19.2 Å². The van der Waals surface area contributed by atoms with Crippen LogP contribution in [0.5, 0.6) is 0 Å². The predicted octanol–water partition coefficient (Wildman–Crippen LogP) is 17.1. The van der Waals surface area contributed by atoms with Crippen molar-refractivity contribution in [2.24, 2.45) is 5.92 Å². The van der Waals surface area contributed by atoms with Crippen molar-refractivity contribution in [3.63, 3.8) is 0 Å². The monoisotopic (exact) mass is 1490 g/mol. The summed E-state index contributed by atoms with van der Waals surface area (Å²) in [6.45, 7) is 15.3. The number of likely N-dealkylation sites (tertiary alicyclic amines) is 4. The summed E-state index contributed by atoms with van der Waals surface area (Å²) in [4.78, 5) is 77.9. The van der Waals surface area contributed by atoms with Gasteiger partial charge in [-0.05, 0) is 253 Å². The van der Waals surface area contributed by atoms with Gasteiger partial charge in [0, 0.05) is 93.8 Å². The summed E-state index contributed by atoms with van der Waals surface area (Å²) < 4.78 is 7.28. The number of imidazole rings is 4. The van der Waals surface area contributed by atoms with Crippen LogP contribution in [-0.2, 0) is 26.2 Å². The van der Waals surface area contributed by atoms with Crippen LogP contribution in [0.2, 0.25) is 20.1 Å². The molecule has 4 N–H and O–H groups in total. The minimum Gasteiger partial charge on any atom is -0.321 e. The highest BCUT2D eigenvalue weighted by Gasteiger charge is 2.22. The molecule has 542 valence electrons. The lowest BCUT2D eigenvalue weighted by Gasteiger charge is -2.30. The molecule has 12 heterocycles. The highest BCUT2D eigenvalue weighted by atomic mass is 35.5. The number of nitrogens with zero attached hydrogens (tertiary/aromatic N) is 12. The highest BCUT2D eigenvalue weighted by Crippen LogP contribution is 2.26. The van der Waals surface area contributed by atoms with Crippen molar-refractivity contribution in [1.82, 2.24) is 57.1 Å². The second-order valence-electron chi connectivity index (χ2n) is 27.5. The van der Waals surface area contributed by atoms with E-state index in [4.69, 9.17) is 46.4 Å². The summed E-state index contributed by atoms with van der Waals surface area (Å²) in [5.74, 6) is 0.00905. The number of rotatable bonds is 16. The normalized spacial score (nSPS) is 15.4. The molecule has 0 atom stereocenters. The smallest absolute Gasteiger partial charge is 0.274 e. The summed E-state index contributed by atoms with van der Waals surface area (Å²) in [5, 5.41) is 13.8. The molecule has 24 heteroatoms. The molecule has 8 aromatic heterocycles. The summed E-state index contributed by atoms with van der Waals surface area (Å²) in [7, 11) is 0. The zero-order valence-corrected chi connectivity index (χ0v) is 61.9. The van der Waals surface area contributed by atoms with Gasteiger partial charge in [0.2, 0.25) is 0 Å². The van der Waals surface area contributed by atoms with E-state index in [2.05, 4.69) is 116 Å². The van der Waals surface area contributed by atoms with Gasteiger partial charge in [0.25, 0.3) is 23.6 Å². The molecule has 4 aliphatic heterocycles. The first-order chi connectivity index (χ1) is 51.1. The summed E-state index contributed by atoms with van der Waals surface area (Å²) in [6, 6.07) is 45.0. The average molecular weight is 1490 g/mol. The molecule has 4 aliphatic rings. The van der Waals surface area contributed by atoms with Crippen molar-refractivity contribution in [2.45, 2.75) is 104 Å². The molecule has 0 spiro atoms. The quantitative estimate of drug-likeness (QED) is 0.0715. The zero-order valence-electron chi connectivity index (χ0n) is 58.8. The second-order valence-corrected chi connectivity index (χ2v) is 29.2. The first kappa shape index (κ1) is 73.8. The number of carbonyl (C=O) groups excluding carboxylic acids is 4. The van der Waals surface area contributed by atoms with Gasteiger partial charge in [0.15, 0.2) is 0 Å². The van der Waals surface area contributed by atoms with Gasteiger partial charge in [0.1, 0.15) is 45.4 Å². The Morgan fingerprint density at radius 1 is 0.333 bits per heavy atom. The van der Waals surface area contributed by atoms with Crippen LogP contribution in [0.1, 0.15) is 142 Å². The molecule has 0 unspecified atom stereocenters. The van der Waals surface area contributed by atoms with Crippen LogP contribution in [-0.4, -0.2) is 133 Å². The summed E-state index contributed by atoms with van der Waals surface area (Å²) >= 11 is 23.9. The maximum atomic E-state index is 12.6. The third-order valence-electron chi connectivity index (χ3n) is 19.4. The van der Waals surface area contributed by atoms with Gasteiger partial charge < -0.3 is 21.3 Å². The summed E-state index contributed by atoms with van der Waals surface area (Å²) in [5.41, 5.74) is 12.7. The first-order valence-electron chi connectivity index (χ1n) is 36.2. The minimum absolute atomic E-state index is 0.205. The maximum Gasteiger partial charge on any atom is 0.274 e. The van der Waals surface area contributed by atoms with E-state index in [0.717, 1.165) is 107 Å². The average Bonchev–Trinajstić information content (AvgIpc) is 1.69. The van der Waals surface area contributed by atoms with Crippen molar-refractivity contribution in [2.75, 3.05) is 73.6 Å². The number of fused-ring (bicyclic) bond motifs is 4. The van der Waals surface area contributed by atoms with Gasteiger partial charge in [-0.2, -0.15) is 0 Å². The molecule has 0 bridgehead atoms. The number of halogens is 4. The Balaban J connectivity index is 0.000000124. The van der Waals surface area contributed by atoms with E-state index in [1.165, 1.54) is 92.9 Å². The van der Waals surface area contributed by atoms with E-state index in [-0.39, 0.29) is 23.6 Å². The van der Waals surface area contributed by atoms with Gasteiger partial charge in [0.05, 0.1) is 24.8 Å². The number of anilines is 4. The summed E-state index contributed by atoms with van der Waals surface area (Å²) in [6.07, 6.45) is 28.3. The molecule has 4 aromatic carbocycles. The molecular formula is C81H86Cl4N16O4. The van der Waals surface area contributed by atoms with Crippen molar-refractivity contribution >= 4 is 115 Å². The molecule has 16 rings (SSSR count). The zero-order chi connectivity index (χ0) is 72.6. The number of pyridine rings is 4. The van der Waals surface area contributed by atoms with E-state index in [1.807, 2.05) is 66.7 Å². The number of amides is 4. The highest BCUT2D eigenvalue weighted by molar-refractivity contribution is 6.32. The SMILES string of the molecule is CC1CCN(Cc2ccn3c(C(=O)Nc4cccc(Cl)c4)cnc3c2)CC1.O=C(Nc1cccc(Cl)c1)c1cnc2cc(CN3CCCCC3)ccn12.O=C(Nc1cccc(Cl)c1)c1cnc2cc(CN3CCCCC3)ccn12.O=C(Nc1cccc(Cl)c1)c1cnc2cc(CN3CCCCC3)ccn12. The predicted molar refractivity (Wildman–Crippen MR) is 419 cm³/mol. The molecule has 12 aromatic rings. The van der Waals surface area contributed by atoms with Crippen molar-refractivity contribution in [3.8, 4) is 0 Å². The van der Waals surface area contributed by atoms with Crippen LogP contribution in [0, 0.1) is 5.92 Å². The largest absolute Gasteiger partial charge is 0.321 e. The fourth-order valence-corrected chi connectivity index (χ4v) is 14.6. The lowest BCUT2D eigenvalue weighted by molar-refractivity contribution is 0.101. The van der Waals surface area contributed by atoms with Gasteiger partial charge in [-0.25, -0.2) is 19.9 Å². The molecule has 4 saturated heterocycles. The number of aromatic nitrogens is 8. The maximum absolute atomic E-state index is 12.6. The van der Waals surface area contributed by atoms with E-state index < -0.39 is 0 Å².